The van der Waals surface area contributed by atoms with Gasteiger partial charge in [-0.3, -0.25) is 4.79 Å². The van der Waals surface area contributed by atoms with Crippen molar-refractivity contribution in [3.05, 3.63) is 52.5 Å². The average Bonchev–Trinajstić information content (AvgIpc) is 3.06. The molecule has 0 radical (unpaired) electrons. The molecule has 0 saturated carbocycles. The molecular formula is C19H22N4O2S. The molecule has 1 saturated heterocycles. The van der Waals surface area contributed by atoms with E-state index in [1.807, 2.05) is 47.5 Å². The number of carbonyl (C=O) groups excluding carboxylic acids is 2. The summed E-state index contributed by atoms with van der Waals surface area (Å²) in [4.78, 5) is 30.4. The van der Waals surface area contributed by atoms with Gasteiger partial charge in [-0.25, -0.2) is 9.78 Å². The molecule has 0 bridgehead atoms. The van der Waals surface area contributed by atoms with Crippen molar-refractivity contribution < 1.29 is 9.59 Å². The first-order chi connectivity index (χ1) is 12.6. The van der Waals surface area contributed by atoms with Gasteiger partial charge in [-0.05, 0) is 38.0 Å². The highest BCUT2D eigenvalue weighted by molar-refractivity contribution is 7.09. The summed E-state index contributed by atoms with van der Waals surface area (Å²) >= 11 is 1.56. The van der Waals surface area contributed by atoms with Crippen LogP contribution in [0.2, 0.25) is 0 Å². The van der Waals surface area contributed by atoms with E-state index in [1.54, 1.807) is 23.5 Å². The van der Waals surface area contributed by atoms with Crippen LogP contribution < -0.4 is 10.6 Å². The first-order valence-electron chi connectivity index (χ1n) is 8.62. The van der Waals surface area contributed by atoms with Crippen LogP contribution in [0.15, 0.2) is 41.8 Å². The number of hydrogen-bond acceptors (Lipinski definition) is 4. The summed E-state index contributed by atoms with van der Waals surface area (Å²) < 4.78 is 0. The zero-order valence-electron chi connectivity index (χ0n) is 14.6. The monoisotopic (exact) mass is 370 g/mol. The number of para-hydroxylation sites is 1. The summed E-state index contributed by atoms with van der Waals surface area (Å²) in [6.07, 6.45) is 4.82. The second kappa shape index (κ2) is 8.62. The highest BCUT2D eigenvalue weighted by atomic mass is 32.1. The lowest BCUT2D eigenvalue weighted by atomic mass is 10.1. The van der Waals surface area contributed by atoms with E-state index in [2.05, 4.69) is 15.6 Å². The van der Waals surface area contributed by atoms with Crippen LogP contribution in [0.1, 0.15) is 23.5 Å². The Hall–Kier alpha value is -2.67. The van der Waals surface area contributed by atoms with E-state index in [1.165, 1.54) is 0 Å². The van der Waals surface area contributed by atoms with Gasteiger partial charge in [0.2, 0.25) is 5.91 Å². The lowest BCUT2D eigenvalue weighted by molar-refractivity contribution is -0.126. The van der Waals surface area contributed by atoms with Crippen molar-refractivity contribution in [3.8, 4) is 0 Å². The molecule has 26 heavy (non-hydrogen) atoms. The third-order valence-corrected chi connectivity index (χ3v) is 5.00. The molecule has 2 heterocycles. The maximum absolute atomic E-state index is 12.3. The number of nitrogens with one attached hydrogen (secondary N) is 2. The number of anilines is 1. The molecule has 0 unspecified atom stereocenters. The summed E-state index contributed by atoms with van der Waals surface area (Å²) in [7, 11) is 0. The maximum Gasteiger partial charge on any atom is 0.319 e. The van der Waals surface area contributed by atoms with Crippen molar-refractivity contribution in [1.82, 2.24) is 15.2 Å². The Balaban J connectivity index is 1.43. The van der Waals surface area contributed by atoms with Gasteiger partial charge < -0.3 is 15.5 Å². The van der Waals surface area contributed by atoms with Crippen LogP contribution in [0.3, 0.4) is 0 Å². The Labute approximate surface area is 156 Å². The Morgan fingerprint density at radius 3 is 2.62 bits per heavy atom. The van der Waals surface area contributed by atoms with E-state index < -0.39 is 0 Å². The second-order valence-corrected chi connectivity index (χ2v) is 7.25. The Bertz CT molecular complexity index is 780. The quantitative estimate of drug-likeness (QED) is 0.811. The van der Waals surface area contributed by atoms with Crippen molar-refractivity contribution in [2.45, 2.75) is 25.8 Å². The average molecular weight is 370 g/mol. The maximum atomic E-state index is 12.3. The number of nitrogens with zero attached hydrogens (tertiary/aromatic N) is 2. The number of benzene rings is 1. The number of rotatable bonds is 4. The molecule has 2 N–H and O–H groups in total. The molecule has 0 aliphatic carbocycles. The molecule has 6 nitrogen and oxygen atoms in total. The summed E-state index contributed by atoms with van der Waals surface area (Å²) in [5.41, 5.74) is 1.58. The third-order valence-electron chi connectivity index (χ3n) is 4.21. The highest BCUT2D eigenvalue weighted by Crippen LogP contribution is 2.13. The Kier molecular flexibility index (Phi) is 6.01. The zero-order chi connectivity index (χ0) is 18.4. The molecule has 7 heteroatoms. The summed E-state index contributed by atoms with van der Waals surface area (Å²) in [6, 6.07) is 9.21. The first kappa shape index (κ1) is 18.1. The largest absolute Gasteiger partial charge is 0.339 e. The van der Waals surface area contributed by atoms with Crippen LogP contribution in [-0.2, 0) is 4.79 Å². The smallest absolute Gasteiger partial charge is 0.319 e. The first-order valence-corrected chi connectivity index (χ1v) is 9.50. The Morgan fingerprint density at radius 1 is 1.23 bits per heavy atom. The Morgan fingerprint density at radius 2 is 1.96 bits per heavy atom. The molecule has 1 aliphatic heterocycles. The summed E-state index contributed by atoms with van der Waals surface area (Å²) in [5, 5.41) is 8.70. The van der Waals surface area contributed by atoms with Crippen LogP contribution in [0.25, 0.3) is 6.08 Å². The fourth-order valence-electron chi connectivity index (χ4n) is 2.84. The van der Waals surface area contributed by atoms with Crippen molar-refractivity contribution in [3.63, 3.8) is 0 Å². The van der Waals surface area contributed by atoms with Gasteiger partial charge in [0, 0.05) is 36.3 Å². The van der Waals surface area contributed by atoms with Crippen LogP contribution in [0.4, 0.5) is 10.5 Å². The highest BCUT2D eigenvalue weighted by Gasteiger charge is 2.22. The molecular weight excluding hydrogens is 348 g/mol. The fraction of sp³-hybridized carbons (Fsp3) is 0.316. The van der Waals surface area contributed by atoms with Gasteiger partial charge in [0.15, 0.2) is 0 Å². The van der Waals surface area contributed by atoms with Crippen LogP contribution >= 0.6 is 11.3 Å². The number of aryl methyl sites for hydroxylation is 1. The van der Waals surface area contributed by atoms with E-state index >= 15 is 0 Å². The molecule has 1 fully saturated rings. The summed E-state index contributed by atoms with van der Waals surface area (Å²) in [5.74, 6) is -0.0113. The van der Waals surface area contributed by atoms with Gasteiger partial charge in [-0.1, -0.05) is 18.2 Å². The minimum atomic E-state index is -0.209. The van der Waals surface area contributed by atoms with E-state index in [0.717, 1.165) is 29.2 Å². The topological polar surface area (TPSA) is 74.3 Å². The van der Waals surface area contributed by atoms with Crippen molar-refractivity contribution in [2.75, 3.05) is 18.4 Å². The number of piperidine rings is 1. The number of amides is 3. The molecule has 0 spiro atoms. The zero-order valence-corrected chi connectivity index (χ0v) is 15.5. The molecule has 3 rings (SSSR count). The van der Waals surface area contributed by atoms with Gasteiger partial charge in [0.1, 0.15) is 0 Å². The van der Waals surface area contributed by atoms with E-state index in [-0.39, 0.29) is 18.0 Å². The number of urea groups is 1. The lowest BCUT2D eigenvalue weighted by Gasteiger charge is -2.31. The standard InChI is InChI=1S/C19H22N4O2S/c1-14-20-17(13-26-14)7-8-18(24)23-11-9-16(10-12-23)22-19(25)21-15-5-3-2-4-6-15/h2-8,13,16H,9-12H2,1H3,(H2,21,22,25). The van der Waals surface area contributed by atoms with Crippen molar-refractivity contribution in [1.29, 1.82) is 0 Å². The van der Waals surface area contributed by atoms with Gasteiger partial charge in [0.25, 0.3) is 0 Å². The van der Waals surface area contributed by atoms with Gasteiger partial charge in [0.05, 0.1) is 10.7 Å². The van der Waals surface area contributed by atoms with E-state index in [4.69, 9.17) is 0 Å². The van der Waals surface area contributed by atoms with Crippen LogP contribution in [0, 0.1) is 6.92 Å². The minimum Gasteiger partial charge on any atom is -0.339 e. The molecule has 1 aromatic carbocycles. The third kappa shape index (κ3) is 5.16. The number of aromatic nitrogens is 1. The van der Waals surface area contributed by atoms with E-state index in [0.29, 0.717) is 13.1 Å². The number of likely N-dealkylation sites (tertiary alicyclic amines) is 1. The summed E-state index contributed by atoms with van der Waals surface area (Å²) in [6.45, 7) is 3.21. The molecule has 2 aromatic rings. The molecule has 1 aromatic heterocycles. The van der Waals surface area contributed by atoms with Gasteiger partial charge in [-0.15, -0.1) is 11.3 Å². The number of hydrogen-bond donors (Lipinski definition) is 2. The van der Waals surface area contributed by atoms with Gasteiger partial charge in [-0.2, -0.15) is 0 Å². The van der Waals surface area contributed by atoms with Crippen molar-refractivity contribution in [2.24, 2.45) is 0 Å². The van der Waals surface area contributed by atoms with Crippen LogP contribution in [-0.4, -0.2) is 41.0 Å². The molecule has 1 aliphatic rings. The molecule has 136 valence electrons. The molecule has 0 atom stereocenters. The normalized spacial score (nSPS) is 15.2. The van der Waals surface area contributed by atoms with Gasteiger partial charge >= 0.3 is 6.03 Å². The van der Waals surface area contributed by atoms with Crippen LogP contribution in [0.5, 0.6) is 0 Å². The minimum absolute atomic E-state index is 0.0113. The number of carbonyl (C=O) groups is 2. The SMILES string of the molecule is Cc1nc(C=CC(=O)N2CCC(NC(=O)Nc3ccccc3)CC2)cs1. The lowest BCUT2D eigenvalue weighted by Crippen LogP contribution is -2.47. The van der Waals surface area contributed by atoms with Crippen molar-refractivity contribution >= 4 is 35.0 Å². The van der Waals surface area contributed by atoms with E-state index in [9.17, 15) is 9.59 Å². The second-order valence-electron chi connectivity index (χ2n) is 6.19. The predicted molar refractivity (Wildman–Crippen MR) is 104 cm³/mol. The predicted octanol–water partition coefficient (Wildman–Crippen LogP) is 3.28. The number of thiazole rings is 1. The molecule has 3 amide bonds. The fourth-order valence-corrected chi connectivity index (χ4v) is 3.42.